The van der Waals surface area contributed by atoms with Crippen LogP contribution >= 0.6 is 0 Å². The molecule has 7 heteroatoms. The van der Waals surface area contributed by atoms with Crippen molar-refractivity contribution in [3.05, 3.63) is 0 Å². The van der Waals surface area contributed by atoms with Crippen molar-refractivity contribution in [1.82, 2.24) is 5.32 Å². The van der Waals surface area contributed by atoms with Crippen molar-refractivity contribution < 1.29 is 19.5 Å². The molecule has 6 N–H and O–H groups in total. The van der Waals surface area contributed by atoms with Gasteiger partial charge in [0.25, 0.3) is 0 Å². The molecule has 0 heterocycles. The summed E-state index contributed by atoms with van der Waals surface area (Å²) in [6.45, 7) is 2.29. The third-order valence-corrected chi connectivity index (χ3v) is 4.11. The number of carboxylic acids is 1. The highest BCUT2D eigenvalue weighted by Gasteiger charge is 2.41. The van der Waals surface area contributed by atoms with Crippen LogP contribution in [0.1, 0.15) is 39.0 Å². The van der Waals surface area contributed by atoms with Crippen LogP contribution in [0, 0.1) is 11.3 Å². The quantitative estimate of drug-likeness (QED) is 0.526. The lowest BCUT2D eigenvalue weighted by atomic mass is 9.70. The summed E-state index contributed by atoms with van der Waals surface area (Å²) in [6.07, 6.45) is 2.63. The fourth-order valence-electron chi connectivity index (χ4n) is 2.55. The van der Waals surface area contributed by atoms with E-state index in [1.165, 1.54) is 0 Å². The summed E-state index contributed by atoms with van der Waals surface area (Å²) in [7, 11) is 0. The van der Waals surface area contributed by atoms with E-state index in [0.717, 1.165) is 12.8 Å². The SMILES string of the molecule is CC1CCC(CN)(C(=O)N[C@H](CC(N)=O)C(=O)O)CC1. The van der Waals surface area contributed by atoms with Gasteiger partial charge in [0.15, 0.2) is 0 Å². The van der Waals surface area contributed by atoms with E-state index >= 15 is 0 Å². The average Bonchev–Trinajstić information content (AvgIpc) is 2.38. The zero-order valence-electron chi connectivity index (χ0n) is 11.7. The minimum Gasteiger partial charge on any atom is -0.480 e. The van der Waals surface area contributed by atoms with Gasteiger partial charge in [-0.05, 0) is 31.6 Å². The topological polar surface area (TPSA) is 136 Å². The molecule has 1 atom stereocenters. The molecule has 1 rings (SSSR count). The number of nitrogens with one attached hydrogen (secondary N) is 1. The second-order valence-electron chi connectivity index (χ2n) is 5.70. The van der Waals surface area contributed by atoms with Crippen LogP contribution < -0.4 is 16.8 Å². The van der Waals surface area contributed by atoms with E-state index in [2.05, 4.69) is 12.2 Å². The third-order valence-electron chi connectivity index (χ3n) is 4.11. The van der Waals surface area contributed by atoms with Crippen molar-refractivity contribution in [2.24, 2.45) is 22.8 Å². The molecule has 114 valence electrons. The number of aliphatic carboxylic acids is 1. The molecule has 1 aliphatic carbocycles. The molecule has 20 heavy (non-hydrogen) atoms. The van der Waals surface area contributed by atoms with Crippen LogP contribution in [0.5, 0.6) is 0 Å². The van der Waals surface area contributed by atoms with Gasteiger partial charge in [-0.1, -0.05) is 6.92 Å². The van der Waals surface area contributed by atoms with Gasteiger partial charge in [-0.15, -0.1) is 0 Å². The summed E-state index contributed by atoms with van der Waals surface area (Å²) in [5.74, 6) is -1.88. The maximum atomic E-state index is 12.3. The molecule has 0 aromatic carbocycles. The van der Waals surface area contributed by atoms with Crippen molar-refractivity contribution in [2.75, 3.05) is 6.54 Å². The number of nitrogens with two attached hydrogens (primary N) is 2. The summed E-state index contributed by atoms with van der Waals surface area (Å²) in [5.41, 5.74) is 10.0. The standard InChI is InChI=1S/C13H23N3O4/c1-8-2-4-13(7-14,5-3-8)12(20)16-9(11(18)19)6-10(15)17/h8-9H,2-7,14H2,1H3,(H2,15,17)(H,16,20)(H,18,19)/t8?,9-,13?/m1/s1. The van der Waals surface area contributed by atoms with Gasteiger partial charge in [0.1, 0.15) is 6.04 Å². The minimum atomic E-state index is -1.29. The van der Waals surface area contributed by atoms with Gasteiger partial charge in [0.05, 0.1) is 11.8 Å². The second kappa shape index (κ2) is 6.69. The summed E-state index contributed by atoms with van der Waals surface area (Å²) in [5, 5.41) is 11.4. The molecule has 0 aromatic heterocycles. The molecular formula is C13H23N3O4. The van der Waals surface area contributed by atoms with Crippen molar-refractivity contribution >= 4 is 17.8 Å². The van der Waals surface area contributed by atoms with E-state index < -0.39 is 29.8 Å². The van der Waals surface area contributed by atoms with Gasteiger partial charge in [-0.25, -0.2) is 4.79 Å². The van der Waals surface area contributed by atoms with E-state index in [-0.39, 0.29) is 12.5 Å². The Morgan fingerprint density at radius 2 is 1.90 bits per heavy atom. The zero-order valence-corrected chi connectivity index (χ0v) is 11.7. The maximum Gasteiger partial charge on any atom is 0.326 e. The van der Waals surface area contributed by atoms with Crippen LogP contribution in [-0.2, 0) is 14.4 Å². The van der Waals surface area contributed by atoms with Crippen molar-refractivity contribution in [1.29, 1.82) is 0 Å². The van der Waals surface area contributed by atoms with Crippen LogP contribution in [0.2, 0.25) is 0 Å². The highest BCUT2D eigenvalue weighted by atomic mass is 16.4. The second-order valence-corrected chi connectivity index (χ2v) is 5.70. The van der Waals surface area contributed by atoms with Gasteiger partial charge in [-0.2, -0.15) is 0 Å². The van der Waals surface area contributed by atoms with Gasteiger partial charge < -0.3 is 21.9 Å². The van der Waals surface area contributed by atoms with Gasteiger partial charge in [-0.3, -0.25) is 9.59 Å². The van der Waals surface area contributed by atoms with Crippen LogP contribution in [0.4, 0.5) is 0 Å². The van der Waals surface area contributed by atoms with Crippen molar-refractivity contribution in [2.45, 2.75) is 45.1 Å². The lowest BCUT2D eigenvalue weighted by Gasteiger charge is -2.37. The molecule has 0 bridgehead atoms. The fourth-order valence-corrected chi connectivity index (χ4v) is 2.55. The van der Waals surface area contributed by atoms with Crippen LogP contribution in [0.25, 0.3) is 0 Å². The Bertz CT molecular complexity index is 389. The van der Waals surface area contributed by atoms with Gasteiger partial charge in [0, 0.05) is 6.54 Å². The smallest absolute Gasteiger partial charge is 0.326 e. The maximum absolute atomic E-state index is 12.3. The first-order chi connectivity index (χ1) is 9.30. The van der Waals surface area contributed by atoms with Crippen molar-refractivity contribution in [3.63, 3.8) is 0 Å². The Balaban J connectivity index is 2.75. The Morgan fingerprint density at radius 1 is 1.35 bits per heavy atom. The predicted octanol–water partition coefficient (Wildman–Crippen LogP) is -0.414. The van der Waals surface area contributed by atoms with E-state index in [1.54, 1.807) is 0 Å². The summed E-state index contributed by atoms with van der Waals surface area (Å²) in [6, 6.07) is -1.29. The van der Waals surface area contributed by atoms with Gasteiger partial charge >= 0.3 is 5.97 Å². The Hall–Kier alpha value is -1.63. The van der Waals surface area contributed by atoms with E-state index in [1.807, 2.05) is 0 Å². The van der Waals surface area contributed by atoms with Gasteiger partial charge in [0.2, 0.25) is 11.8 Å². The lowest BCUT2D eigenvalue weighted by Crippen LogP contribution is -2.53. The van der Waals surface area contributed by atoms with Crippen LogP contribution in [0.15, 0.2) is 0 Å². The Labute approximate surface area is 118 Å². The minimum absolute atomic E-state index is 0.175. The molecule has 0 radical (unpaired) electrons. The highest BCUT2D eigenvalue weighted by Crippen LogP contribution is 2.38. The molecule has 0 aliphatic heterocycles. The number of rotatable bonds is 6. The number of primary amides is 1. The molecular weight excluding hydrogens is 262 g/mol. The number of hydrogen-bond donors (Lipinski definition) is 4. The monoisotopic (exact) mass is 285 g/mol. The molecule has 1 aliphatic rings. The predicted molar refractivity (Wildman–Crippen MR) is 72.5 cm³/mol. The number of carbonyl (C=O) groups is 3. The third kappa shape index (κ3) is 3.93. The molecule has 0 aromatic rings. The van der Waals surface area contributed by atoms with Crippen LogP contribution in [0.3, 0.4) is 0 Å². The average molecular weight is 285 g/mol. The fraction of sp³-hybridized carbons (Fsp3) is 0.769. The van der Waals surface area contributed by atoms with E-state index in [9.17, 15) is 14.4 Å². The first-order valence-electron chi connectivity index (χ1n) is 6.83. The largest absolute Gasteiger partial charge is 0.480 e. The molecule has 1 fully saturated rings. The summed E-state index contributed by atoms with van der Waals surface area (Å²) < 4.78 is 0. The van der Waals surface area contributed by atoms with E-state index in [0.29, 0.717) is 18.8 Å². The summed E-state index contributed by atoms with van der Waals surface area (Å²) >= 11 is 0. The Kier molecular flexibility index (Phi) is 5.50. The number of hydrogen-bond acceptors (Lipinski definition) is 4. The zero-order chi connectivity index (χ0) is 15.3. The Morgan fingerprint density at radius 3 is 2.30 bits per heavy atom. The first-order valence-corrected chi connectivity index (χ1v) is 6.83. The molecule has 0 unspecified atom stereocenters. The lowest BCUT2D eigenvalue weighted by molar-refractivity contribution is -0.145. The first kappa shape index (κ1) is 16.4. The molecule has 1 saturated carbocycles. The summed E-state index contributed by atoms with van der Waals surface area (Å²) in [4.78, 5) is 34.2. The molecule has 0 spiro atoms. The molecule has 7 nitrogen and oxygen atoms in total. The number of carbonyl (C=O) groups excluding carboxylic acids is 2. The van der Waals surface area contributed by atoms with Crippen molar-refractivity contribution in [3.8, 4) is 0 Å². The number of carboxylic acid groups (broad SMARTS) is 1. The molecule has 2 amide bonds. The highest BCUT2D eigenvalue weighted by molar-refractivity contribution is 5.90. The normalized spacial score (nSPS) is 27.6. The molecule has 0 saturated heterocycles. The van der Waals surface area contributed by atoms with Crippen LogP contribution in [-0.4, -0.2) is 35.5 Å². The van der Waals surface area contributed by atoms with E-state index in [4.69, 9.17) is 16.6 Å². The number of amides is 2.